The number of thiophene rings is 1. The maximum Gasteiger partial charge on any atom is 0.191 e. The summed E-state index contributed by atoms with van der Waals surface area (Å²) in [6.07, 6.45) is 3.17. The number of nitrogens with one attached hydrogen (secondary N) is 2. The summed E-state index contributed by atoms with van der Waals surface area (Å²) in [6, 6.07) is 4.02. The van der Waals surface area contributed by atoms with Crippen LogP contribution in [-0.4, -0.2) is 37.8 Å². The minimum absolute atomic E-state index is 0.0936. The fraction of sp³-hybridized carbons (Fsp3) is 0.667. The van der Waals surface area contributed by atoms with Gasteiger partial charge in [0, 0.05) is 24.6 Å². The molecule has 1 unspecified atom stereocenters. The summed E-state index contributed by atoms with van der Waals surface area (Å²) in [6.45, 7) is 7.47. The molecule has 1 fully saturated rings. The second-order valence-corrected chi connectivity index (χ2v) is 7.28. The first-order valence-electron chi connectivity index (χ1n) is 7.52. The Morgan fingerprint density at radius 1 is 1.48 bits per heavy atom. The van der Waals surface area contributed by atoms with Crippen LogP contribution in [0.3, 0.4) is 0 Å². The van der Waals surface area contributed by atoms with Gasteiger partial charge in [0.2, 0.25) is 0 Å². The summed E-state index contributed by atoms with van der Waals surface area (Å²) in [5.74, 6) is 0.858. The van der Waals surface area contributed by atoms with E-state index in [4.69, 9.17) is 16.3 Å². The van der Waals surface area contributed by atoms with E-state index in [1.807, 2.05) is 6.07 Å². The van der Waals surface area contributed by atoms with Crippen LogP contribution >= 0.6 is 22.9 Å². The molecule has 2 rings (SSSR count). The van der Waals surface area contributed by atoms with E-state index in [9.17, 15) is 0 Å². The standard InChI is InChI=1S/C15H24ClN3OS/c1-3-17-14(19-11-15(2)8-4-10-20-15)18-9-7-12-5-6-13(16)21-12/h5-6H,3-4,7-11H2,1-2H3,(H2,17,18,19). The number of hydrogen-bond donors (Lipinski definition) is 2. The molecule has 1 aromatic heterocycles. The number of aliphatic imine (C=N–C) groups is 1. The Balaban J connectivity index is 1.80. The zero-order valence-corrected chi connectivity index (χ0v) is 14.3. The van der Waals surface area contributed by atoms with E-state index in [1.54, 1.807) is 11.3 Å². The predicted molar refractivity (Wildman–Crippen MR) is 90.6 cm³/mol. The van der Waals surface area contributed by atoms with Crippen molar-refractivity contribution in [3.05, 3.63) is 21.3 Å². The summed E-state index contributed by atoms with van der Waals surface area (Å²) in [4.78, 5) is 5.94. The Bertz CT molecular complexity index is 469. The second kappa shape index (κ2) is 8.01. The Labute approximate surface area is 135 Å². The highest BCUT2D eigenvalue weighted by Gasteiger charge is 2.29. The van der Waals surface area contributed by atoms with E-state index in [1.165, 1.54) is 4.88 Å². The van der Waals surface area contributed by atoms with Gasteiger partial charge in [0.1, 0.15) is 0 Å². The van der Waals surface area contributed by atoms with Gasteiger partial charge < -0.3 is 15.4 Å². The molecule has 6 heteroatoms. The third-order valence-corrected chi connectivity index (χ3v) is 4.80. The first-order chi connectivity index (χ1) is 10.1. The van der Waals surface area contributed by atoms with Crippen LogP contribution in [0.15, 0.2) is 17.1 Å². The maximum absolute atomic E-state index is 5.94. The van der Waals surface area contributed by atoms with Crippen molar-refractivity contribution in [1.29, 1.82) is 0 Å². The Morgan fingerprint density at radius 2 is 2.33 bits per heavy atom. The van der Waals surface area contributed by atoms with Crippen molar-refractivity contribution in [3.63, 3.8) is 0 Å². The number of nitrogens with zero attached hydrogens (tertiary/aromatic N) is 1. The molecule has 0 radical (unpaired) electrons. The summed E-state index contributed by atoms with van der Waals surface area (Å²) in [7, 11) is 0. The third-order valence-electron chi connectivity index (χ3n) is 3.51. The molecule has 0 aliphatic carbocycles. The van der Waals surface area contributed by atoms with Gasteiger partial charge in [-0.1, -0.05) is 11.6 Å². The van der Waals surface area contributed by atoms with Crippen molar-refractivity contribution in [2.75, 3.05) is 26.2 Å². The molecule has 21 heavy (non-hydrogen) atoms. The van der Waals surface area contributed by atoms with Crippen molar-refractivity contribution < 1.29 is 4.74 Å². The van der Waals surface area contributed by atoms with Crippen LogP contribution in [0.5, 0.6) is 0 Å². The smallest absolute Gasteiger partial charge is 0.191 e. The molecular formula is C15H24ClN3OS. The molecular weight excluding hydrogens is 306 g/mol. The van der Waals surface area contributed by atoms with E-state index in [0.717, 1.165) is 49.3 Å². The number of guanidine groups is 1. The first-order valence-corrected chi connectivity index (χ1v) is 8.71. The van der Waals surface area contributed by atoms with Crippen LogP contribution in [-0.2, 0) is 11.2 Å². The van der Waals surface area contributed by atoms with E-state index < -0.39 is 0 Å². The van der Waals surface area contributed by atoms with Gasteiger partial charge in [-0.2, -0.15) is 0 Å². The average molecular weight is 330 g/mol. The van der Waals surface area contributed by atoms with Crippen LogP contribution in [0.2, 0.25) is 4.34 Å². The maximum atomic E-state index is 5.94. The number of rotatable bonds is 6. The second-order valence-electron chi connectivity index (χ2n) is 5.48. The molecule has 4 nitrogen and oxygen atoms in total. The van der Waals surface area contributed by atoms with E-state index in [-0.39, 0.29) is 5.60 Å². The van der Waals surface area contributed by atoms with Gasteiger partial charge in [0.25, 0.3) is 0 Å². The summed E-state index contributed by atoms with van der Waals surface area (Å²) >= 11 is 7.57. The predicted octanol–water partition coefficient (Wildman–Crippen LogP) is 3.07. The van der Waals surface area contributed by atoms with Gasteiger partial charge in [0.05, 0.1) is 16.5 Å². The molecule has 1 saturated heterocycles. The zero-order chi connectivity index (χ0) is 15.1. The highest BCUT2D eigenvalue weighted by molar-refractivity contribution is 7.16. The fourth-order valence-corrected chi connectivity index (χ4v) is 3.43. The summed E-state index contributed by atoms with van der Waals surface area (Å²) < 4.78 is 6.61. The van der Waals surface area contributed by atoms with Crippen LogP contribution in [0.4, 0.5) is 0 Å². The third kappa shape index (κ3) is 5.49. The monoisotopic (exact) mass is 329 g/mol. The lowest BCUT2D eigenvalue weighted by atomic mass is 10.0. The molecule has 0 bridgehead atoms. The van der Waals surface area contributed by atoms with Gasteiger partial charge >= 0.3 is 0 Å². The normalized spacial score (nSPS) is 22.5. The van der Waals surface area contributed by atoms with Crippen molar-refractivity contribution in [1.82, 2.24) is 10.6 Å². The number of hydrogen-bond acceptors (Lipinski definition) is 3. The molecule has 1 aromatic rings. The molecule has 1 atom stereocenters. The van der Waals surface area contributed by atoms with E-state index in [0.29, 0.717) is 6.54 Å². The lowest BCUT2D eigenvalue weighted by molar-refractivity contribution is 0.0283. The molecule has 0 spiro atoms. The van der Waals surface area contributed by atoms with E-state index >= 15 is 0 Å². The average Bonchev–Trinajstić information content (AvgIpc) is 3.06. The van der Waals surface area contributed by atoms with Crippen LogP contribution in [0, 0.1) is 0 Å². The molecule has 1 aliphatic heterocycles. The molecule has 118 valence electrons. The lowest BCUT2D eigenvalue weighted by Crippen LogP contribution is -2.40. The van der Waals surface area contributed by atoms with Gasteiger partial charge in [-0.05, 0) is 45.2 Å². The van der Waals surface area contributed by atoms with Crippen LogP contribution in [0.25, 0.3) is 0 Å². The molecule has 2 N–H and O–H groups in total. The number of ether oxygens (including phenoxy) is 1. The van der Waals surface area contributed by atoms with Crippen molar-refractivity contribution in [2.24, 2.45) is 4.99 Å². The highest BCUT2D eigenvalue weighted by Crippen LogP contribution is 2.25. The molecule has 0 amide bonds. The van der Waals surface area contributed by atoms with Crippen molar-refractivity contribution >= 4 is 28.9 Å². The van der Waals surface area contributed by atoms with Gasteiger partial charge in [-0.25, -0.2) is 0 Å². The van der Waals surface area contributed by atoms with E-state index in [2.05, 4.69) is 35.5 Å². The quantitative estimate of drug-likeness (QED) is 0.623. The molecule has 0 saturated carbocycles. The Hall–Kier alpha value is -0.780. The Kier molecular flexibility index (Phi) is 6.33. The minimum atomic E-state index is -0.0936. The zero-order valence-electron chi connectivity index (χ0n) is 12.7. The number of halogens is 1. The summed E-state index contributed by atoms with van der Waals surface area (Å²) in [5, 5.41) is 6.64. The van der Waals surface area contributed by atoms with Gasteiger partial charge in [-0.3, -0.25) is 4.99 Å². The topological polar surface area (TPSA) is 45.7 Å². The van der Waals surface area contributed by atoms with Crippen LogP contribution in [0.1, 0.15) is 31.6 Å². The molecule has 2 heterocycles. The van der Waals surface area contributed by atoms with Crippen LogP contribution < -0.4 is 10.6 Å². The lowest BCUT2D eigenvalue weighted by Gasteiger charge is -2.21. The fourth-order valence-electron chi connectivity index (χ4n) is 2.34. The Morgan fingerprint density at radius 3 is 2.95 bits per heavy atom. The largest absolute Gasteiger partial charge is 0.373 e. The summed E-state index contributed by atoms with van der Waals surface area (Å²) in [5.41, 5.74) is -0.0936. The highest BCUT2D eigenvalue weighted by atomic mass is 35.5. The van der Waals surface area contributed by atoms with Crippen molar-refractivity contribution in [2.45, 2.75) is 38.7 Å². The first kappa shape index (κ1) is 16.6. The SMILES string of the molecule is CCNC(=NCC1(C)CCCO1)NCCc1ccc(Cl)s1. The van der Waals surface area contributed by atoms with Gasteiger partial charge in [-0.15, -0.1) is 11.3 Å². The van der Waals surface area contributed by atoms with Gasteiger partial charge in [0.15, 0.2) is 5.96 Å². The molecule has 0 aromatic carbocycles. The van der Waals surface area contributed by atoms with Crippen molar-refractivity contribution in [3.8, 4) is 0 Å². The molecule has 1 aliphatic rings. The minimum Gasteiger partial charge on any atom is -0.373 e.